The molecule has 2 rings (SSSR count). The molecule has 0 radical (unpaired) electrons. The van der Waals surface area contributed by atoms with Crippen LogP contribution in [-0.4, -0.2) is 32.2 Å². The molecular formula is C16H23N3OS. The highest BCUT2D eigenvalue weighted by Gasteiger charge is 2.14. The van der Waals surface area contributed by atoms with Gasteiger partial charge in [-0.25, -0.2) is 0 Å². The van der Waals surface area contributed by atoms with Gasteiger partial charge in [0.15, 0.2) is 11.0 Å². The molecule has 0 atom stereocenters. The molecule has 0 aliphatic rings. The minimum atomic E-state index is 0.285. The molecule has 1 heterocycles. The molecule has 21 heavy (non-hydrogen) atoms. The minimum absolute atomic E-state index is 0.285. The number of hydrogen-bond acceptors (Lipinski definition) is 4. The summed E-state index contributed by atoms with van der Waals surface area (Å²) in [6.07, 6.45) is 3.05. The molecule has 0 unspecified atom stereocenters. The summed E-state index contributed by atoms with van der Waals surface area (Å²) in [6, 6.07) is 8.29. The van der Waals surface area contributed by atoms with Gasteiger partial charge in [0.1, 0.15) is 0 Å². The zero-order valence-corrected chi connectivity index (χ0v) is 13.6. The van der Waals surface area contributed by atoms with E-state index >= 15 is 0 Å². The van der Waals surface area contributed by atoms with Crippen molar-refractivity contribution in [3.05, 3.63) is 29.8 Å². The smallest absolute Gasteiger partial charge is 0.191 e. The van der Waals surface area contributed by atoms with Gasteiger partial charge in [-0.2, -0.15) is 0 Å². The molecule has 0 amide bonds. The Morgan fingerprint density at radius 1 is 1.14 bits per heavy atom. The Bertz CT molecular complexity index is 568. The number of aromatic nitrogens is 3. The summed E-state index contributed by atoms with van der Waals surface area (Å²) >= 11 is 1.75. The van der Waals surface area contributed by atoms with Gasteiger partial charge >= 0.3 is 0 Å². The predicted octanol–water partition coefficient (Wildman–Crippen LogP) is 3.53. The number of thioether (sulfide) groups is 1. The molecule has 0 aliphatic heterocycles. The van der Waals surface area contributed by atoms with Gasteiger partial charge in [-0.15, -0.1) is 10.2 Å². The van der Waals surface area contributed by atoms with Gasteiger partial charge in [0, 0.05) is 24.5 Å². The van der Waals surface area contributed by atoms with Crippen LogP contribution in [0.15, 0.2) is 29.4 Å². The van der Waals surface area contributed by atoms with Gasteiger partial charge in [-0.1, -0.05) is 42.4 Å². The molecule has 0 saturated heterocycles. The second-order valence-electron chi connectivity index (χ2n) is 5.00. The molecule has 0 bridgehead atoms. The second-order valence-corrected chi connectivity index (χ2v) is 6.06. The minimum Gasteiger partial charge on any atom is -0.396 e. The second kappa shape index (κ2) is 8.20. The molecule has 1 aromatic carbocycles. The SMILES string of the molecule is CCn1c(SCCCCCO)nnc1-c1ccccc1C. The Morgan fingerprint density at radius 2 is 1.95 bits per heavy atom. The van der Waals surface area contributed by atoms with Crippen LogP contribution in [0.4, 0.5) is 0 Å². The predicted molar refractivity (Wildman–Crippen MR) is 87.5 cm³/mol. The zero-order chi connectivity index (χ0) is 15.1. The number of hydrogen-bond donors (Lipinski definition) is 1. The molecule has 0 saturated carbocycles. The maximum absolute atomic E-state index is 8.79. The maximum atomic E-state index is 8.79. The number of unbranched alkanes of at least 4 members (excludes halogenated alkanes) is 2. The summed E-state index contributed by atoms with van der Waals surface area (Å²) in [5.41, 5.74) is 2.37. The van der Waals surface area contributed by atoms with Crippen LogP contribution in [0.2, 0.25) is 0 Å². The van der Waals surface area contributed by atoms with Crippen molar-refractivity contribution in [3.63, 3.8) is 0 Å². The van der Waals surface area contributed by atoms with E-state index in [1.54, 1.807) is 11.8 Å². The molecular weight excluding hydrogens is 282 g/mol. The molecule has 2 aromatic rings. The highest BCUT2D eigenvalue weighted by Crippen LogP contribution is 2.26. The number of rotatable bonds is 8. The van der Waals surface area contributed by atoms with Crippen LogP contribution >= 0.6 is 11.8 Å². The van der Waals surface area contributed by atoms with Crippen molar-refractivity contribution in [1.82, 2.24) is 14.8 Å². The lowest BCUT2D eigenvalue weighted by Crippen LogP contribution is -2.01. The largest absolute Gasteiger partial charge is 0.396 e. The van der Waals surface area contributed by atoms with E-state index in [0.29, 0.717) is 0 Å². The zero-order valence-electron chi connectivity index (χ0n) is 12.7. The fraction of sp³-hybridized carbons (Fsp3) is 0.500. The van der Waals surface area contributed by atoms with Crippen molar-refractivity contribution in [2.24, 2.45) is 0 Å². The summed E-state index contributed by atoms with van der Waals surface area (Å²) in [5, 5.41) is 18.5. The Morgan fingerprint density at radius 3 is 2.67 bits per heavy atom. The topological polar surface area (TPSA) is 50.9 Å². The highest BCUT2D eigenvalue weighted by atomic mass is 32.2. The van der Waals surface area contributed by atoms with Crippen molar-refractivity contribution in [1.29, 1.82) is 0 Å². The number of aliphatic hydroxyl groups excluding tert-OH is 1. The molecule has 1 aromatic heterocycles. The van der Waals surface area contributed by atoms with Crippen molar-refractivity contribution < 1.29 is 5.11 Å². The lowest BCUT2D eigenvalue weighted by Gasteiger charge is -2.09. The fourth-order valence-electron chi connectivity index (χ4n) is 2.26. The van der Waals surface area contributed by atoms with E-state index in [1.165, 1.54) is 5.56 Å². The molecule has 0 fully saturated rings. The van der Waals surface area contributed by atoms with Gasteiger partial charge in [0.25, 0.3) is 0 Å². The summed E-state index contributed by atoms with van der Waals surface area (Å²) in [4.78, 5) is 0. The van der Waals surface area contributed by atoms with Gasteiger partial charge in [-0.3, -0.25) is 0 Å². The number of nitrogens with zero attached hydrogens (tertiary/aromatic N) is 3. The quantitative estimate of drug-likeness (QED) is 0.599. The molecule has 0 aliphatic carbocycles. The van der Waals surface area contributed by atoms with Crippen LogP contribution in [0.3, 0.4) is 0 Å². The Labute approximate surface area is 130 Å². The van der Waals surface area contributed by atoms with Crippen LogP contribution in [0.25, 0.3) is 11.4 Å². The monoisotopic (exact) mass is 305 g/mol. The highest BCUT2D eigenvalue weighted by molar-refractivity contribution is 7.99. The van der Waals surface area contributed by atoms with E-state index in [2.05, 4.69) is 40.7 Å². The van der Waals surface area contributed by atoms with E-state index in [-0.39, 0.29) is 6.61 Å². The van der Waals surface area contributed by atoms with Crippen molar-refractivity contribution in [2.45, 2.75) is 44.8 Å². The van der Waals surface area contributed by atoms with Crippen LogP contribution in [0.5, 0.6) is 0 Å². The van der Waals surface area contributed by atoms with Crippen LogP contribution in [0, 0.1) is 6.92 Å². The summed E-state index contributed by atoms with van der Waals surface area (Å²) in [5.74, 6) is 1.97. The first-order valence-electron chi connectivity index (χ1n) is 7.50. The van der Waals surface area contributed by atoms with Gasteiger partial charge in [-0.05, 0) is 32.3 Å². The average molecular weight is 305 g/mol. The number of aliphatic hydroxyl groups is 1. The Kier molecular flexibility index (Phi) is 6.26. The average Bonchev–Trinajstić information content (AvgIpc) is 2.90. The lowest BCUT2D eigenvalue weighted by atomic mass is 10.1. The Balaban J connectivity index is 2.10. The van der Waals surface area contributed by atoms with Crippen LogP contribution in [0.1, 0.15) is 31.7 Å². The first kappa shape index (κ1) is 16.0. The lowest BCUT2D eigenvalue weighted by molar-refractivity contribution is 0.284. The third-order valence-corrected chi connectivity index (χ3v) is 4.51. The molecule has 114 valence electrons. The van der Waals surface area contributed by atoms with Crippen molar-refractivity contribution in [2.75, 3.05) is 12.4 Å². The first-order chi connectivity index (χ1) is 10.3. The third-order valence-electron chi connectivity index (χ3n) is 3.45. The summed E-state index contributed by atoms with van der Waals surface area (Å²) in [7, 11) is 0. The normalized spacial score (nSPS) is 11.0. The fourth-order valence-corrected chi connectivity index (χ4v) is 3.26. The molecule has 5 heteroatoms. The Hall–Kier alpha value is -1.33. The number of aryl methyl sites for hydroxylation is 1. The molecule has 1 N–H and O–H groups in total. The van der Waals surface area contributed by atoms with Crippen molar-refractivity contribution >= 4 is 11.8 Å². The van der Waals surface area contributed by atoms with Gasteiger partial charge in [0.2, 0.25) is 0 Å². The molecule has 4 nitrogen and oxygen atoms in total. The standard InChI is InChI=1S/C16H23N3OS/c1-3-19-15(14-10-6-5-9-13(14)2)17-18-16(19)21-12-8-4-7-11-20/h5-6,9-10,20H,3-4,7-8,11-12H2,1-2H3. The van der Waals surface area contributed by atoms with Gasteiger partial charge in [0.05, 0.1) is 0 Å². The molecule has 0 spiro atoms. The number of benzene rings is 1. The van der Waals surface area contributed by atoms with E-state index in [9.17, 15) is 0 Å². The first-order valence-corrected chi connectivity index (χ1v) is 8.49. The summed E-state index contributed by atoms with van der Waals surface area (Å²) in [6.45, 7) is 5.38. The van der Waals surface area contributed by atoms with E-state index in [1.807, 2.05) is 12.1 Å². The third kappa shape index (κ3) is 4.08. The van der Waals surface area contributed by atoms with Crippen LogP contribution in [-0.2, 0) is 6.54 Å². The van der Waals surface area contributed by atoms with E-state index in [4.69, 9.17) is 5.11 Å². The van der Waals surface area contributed by atoms with E-state index < -0.39 is 0 Å². The van der Waals surface area contributed by atoms with E-state index in [0.717, 1.165) is 48.1 Å². The van der Waals surface area contributed by atoms with Crippen molar-refractivity contribution in [3.8, 4) is 11.4 Å². The van der Waals surface area contributed by atoms with Crippen LogP contribution < -0.4 is 0 Å². The summed E-state index contributed by atoms with van der Waals surface area (Å²) < 4.78 is 2.18. The van der Waals surface area contributed by atoms with Gasteiger partial charge < -0.3 is 9.67 Å². The maximum Gasteiger partial charge on any atom is 0.191 e.